The third kappa shape index (κ3) is 3.96. The highest BCUT2D eigenvalue weighted by molar-refractivity contribution is 7.16. The van der Waals surface area contributed by atoms with E-state index in [4.69, 9.17) is 23.7 Å². The van der Waals surface area contributed by atoms with Crippen LogP contribution in [0.3, 0.4) is 0 Å². The first-order valence-electron chi connectivity index (χ1n) is 10.5. The van der Waals surface area contributed by atoms with E-state index in [1.54, 1.807) is 9.13 Å². The van der Waals surface area contributed by atoms with Gasteiger partial charge in [-0.3, -0.25) is 9.59 Å². The molecule has 0 aliphatic carbocycles. The van der Waals surface area contributed by atoms with Crippen LogP contribution in [0.5, 0.6) is 23.0 Å². The standard InChI is InChI=1S/C22H18N4O7S2/c1-25-11-3-13-15(32-9-30-13)5-17(11)34-21(25)23-19(27)7-29-8-20(28)24-22-26(2)12-4-14-16(33-10-31-14)6-18(12)35-22/h3-6H,7-10H2,1-2H3. The van der Waals surface area contributed by atoms with E-state index in [-0.39, 0.29) is 26.8 Å². The number of ether oxygens (including phenoxy) is 5. The summed E-state index contributed by atoms with van der Waals surface area (Å²) >= 11 is 2.70. The molecule has 2 aromatic heterocycles. The summed E-state index contributed by atoms with van der Waals surface area (Å²) in [5.41, 5.74) is 1.75. The second kappa shape index (κ2) is 8.52. The molecule has 0 radical (unpaired) electrons. The fourth-order valence-electron chi connectivity index (χ4n) is 3.75. The van der Waals surface area contributed by atoms with Crippen LogP contribution in [0.1, 0.15) is 0 Å². The molecule has 13 heteroatoms. The molecule has 4 heterocycles. The molecular weight excluding hydrogens is 496 g/mol. The van der Waals surface area contributed by atoms with Crippen LogP contribution in [0.4, 0.5) is 0 Å². The summed E-state index contributed by atoms with van der Waals surface area (Å²) in [5, 5.41) is 0. The van der Waals surface area contributed by atoms with Gasteiger partial charge in [-0.05, 0) is 0 Å². The number of carbonyl (C=O) groups is 2. The number of rotatable bonds is 4. The normalized spacial score (nSPS) is 15.0. The van der Waals surface area contributed by atoms with Gasteiger partial charge in [-0.1, -0.05) is 22.7 Å². The molecule has 2 aromatic carbocycles. The highest BCUT2D eigenvalue weighted by Gasteiger charge is 2.18. The van der Waals surface area contributed by atoms with Gasteiger partial charge in [0.1, 0.15) is 13.2 Å². The number of hydrogen-bond donors (Lipinski definition) is 0. The van der Waals surface area contributed by atoms with Crippen molar-refractivity contribution in [2.24, 2.45) is 24.1 Å². The second-order valence-electron chi connectivity index (χ2n) is 7.74. The minimum atomic E-state index is -0.498. The predicted molar refractivity (Wildman–Crippen MR) is 126 cm³/mol. The van der Waals surface area contributed by atoms with Crippen molar-refractivity contribution in [3.05, 3.63) is 33.9 Å². The molecule has 2 amide bonds. The number of thiazole rings is 2. The Hall–Kier alpha value is -3.68. The summed E-state index contributed by atoms with van der Waals surface area (Å²) in [6.07, 6.45) is 0. The number of benzene rings is 2. The van der Waals surface area contributed by atoms with Crippen LogP contribution in [0.2, 0.25) is 0 Å². The third-order valence-corrected chi connectivity index (χ3v) is 7.69. The molecular formula is C22H18N4O7S2. The zero-order valence-electron chi connectivity index (χ0n) is 18.6. The summed E-state index contributed by atoms with van der Waals surface area (Å²) < 4.78 is 32.3. The Morgan fingerprint density at radius 3 is 1.60 bits per heavy atom. The van der Waals surface area contributed by atoms with Crippen molar-refractivity contribution in [3.8, 4) is 23.0 Å². The molecule has 0 fully saturated rings. The Labute approximate surface area is 205 Å². The van der Waals surface area contributed by atoms with Gasteiger partial charge in [-0.2, -0.15) is 9.98 Å². The molecule has 35 heavy (non-hydrogen) atoms. The van der Waals surface area contributed by atoms with Crippen molar-refractivity contribution in [3.63, 3.8) is 0 Å². The van der Waals surface area contributed by atoms with Gasteiger partial charge >= 0.3 is 0 Å². The molecule has 11 nitrogen and oxygen atoms in total. The molecule has 4 aromatic rings. The quantitative estimate of drug-likeness (QED) is 0.408. The van der Waals surface area contributed by atoms with Gasteiger partial charge in [0.15, 0.2) is 32.6 Å². The molecule has 0 saturated carbocycles. The minimum absolute atomic E-state index is 0.196. The fraction of sp³-hybridized carbons (Fsp3) is 0.273. The maximum Gasteiger partial charge on any atom is 0.274 e. The van der Waals surface area contributed by atoms with Gasteiger partial charge in [-0.15, -0.1) is 0 Å². The Morgan fingerprint density at radius 2 is 1.17 bits per heavy atom. The average Bonchev–Trinajstić information content (AvgIpc) is 3.60. The molecule has 0 N–H and O–H groups in total. The highest BCUT2D eigenvalue weighted by Crippen LogP contribution is 2.37. The molecule has 0 bridgehead atoms. The monoisotopic (exact) mass is 514 g/mol. The lowest BCUT2D eigenvalue weighted by Gasteiger charge is -1.99. The summed E-state index contributed by atoms with van der Waals surface area (Å²) in [4.78, 5) is 33.9. The molecule has 0 unspecified atom stereocenters. The molecule has 180 valence electrons. The molecule has 2 aliphatic heterocycles. The van der Waals surface area contributed by atoms with Crippen LogP contribution in [0.15, 0.2) is 34.3 Å². The van der Waals surface area contributed by atoms with Gasteiger partial charge < -0.3 is 32.8 Å². The van der Waals surface area contributed by atoms with Crippen LogP contribution in [0, 0.1) is 0 Å². The SMILES string of the molecule is Cn1c(=NC(=O)COCC(=O)N=c2sc3cc4c(cc3n2C)OCO4)sc2cc3c(cc21)OCO3. The zero-order valence-corrected chi connectivity index (χ0v) is 20.2. The maximum absolute atomic E-state index is 12.3. The van der Waals surface area contributed by atoms with E-state index < -0.39 is 11.8 Å². The van der Waals surface area contributed by atoms with Gasteiger partial charge in [-0.25, -0.2) is 0 Å². The molecule has 0 spiro atoms. The van der Waals surface area contributed by atoms with Gasteiger partial charge in [0, 0.05) is 38.4 Å². The van der Waals surface area contributed by atoms with Crippen molar-refractivity contribution in [2.45, 2.75) is 0 Å². The van der Waals surface area contributed by atoms with Crippen LogP contribution in [-0.2, 0) is 28.4 Å². The summed E-state index contributed by atoms with van der Waals surface area (Å²) in [6.45, 7) is -0.279. The summed E-state index contributed by atoms with van der Waals surface area (Å²) in [5.74, 6) is 1.66. The Bertz CT molecular complexity index is 1540. The number of aromatic nitrogens is 2. The summed E-state index contributed by atoms with van der Waals surface area (Å²) in [6, 6.07) is 7.44. The Balaban J connectivity index is 1.13. The fourth-order valence-corrected chi connectivity index (χ4v) is 5.84. The first-order chi connectivity index (χ1) is 17.0. The lowest BCUT2D eigenvalue weighted by molar-refractivity contribution is -0.127. The van der Waals surface area contributed by atoms with Crippen LogP contribution in [0.25, 0.3) is 20.4 Å². The number of amides is 2. The van der Waals surface area contributed by atoms with Crippen molar-refractivity contribution in [2.75, 3.05) is 26.8 Å². The van der Waals surface area contributed by atoms with Crippen LogP contribution < -0.4 is 28.6 Å². The maximum atomic E-state index is 12.3. The minimum Gasteiger partial charge on any atom is -0.454 e. The van der Waals surface area contributed by atoms with Gasteiger partial charge in [0.25, 0.3) is 11.8 Å². The lowest BCUT2D eigenvalue weighted by atomic mass is 10.3. The Morgan fingerprint density at radius 1 is 0.771 bits per heavy atom. The molecule has 0 saturated heterocycles. The summed E-state index contributed by atoms with van der Waals surface area (Å²) in [7, 11) is 3.63. The first-order valence-corrected chi connectivity index (χ1v) is 12.1. The molecule has 0 atom stereocenters. The van der Waals surface area contributed by atoms with Crippen LogP contribution >= 0.6 is 22.7 Å². The Kier molecular flexibility index (Phi) is 5.31. The second-order valence-corrected chi connectivity index (χ2v) is 9.76. The molecule has 2 aliphatic rings. The zero-order chi connectivity index (χ0) is 24.1. The largest absolute Gasteiger partial charge is 0.454 e. The van der Waals surface area contributed by atoms with E-state index >= 15 is 0 Å². The van der Waals surface area contributed by atoms with Crippen molar-refractivity contribution >= 4 is 54.9 Å². The van der Waals surface area contributed by atoms with Gasteiger partial charge in [0.2, 0.25) is 13.6 Å². The van der Waals surface area contributed by atoms with Crippen molar-refractivity contribution in [1.82, 2.24) is 9.13 Å². The van der Waals surface area contributed by atoms with E-state index in [2.05, 4.69) is 9.98 Å². The van der Waals surface area contributed by atoms with Crippen LogP contribution in [-0.4, -0.2) is 47.7 Å². The number of aryl methyl sites for hydroxylation is 2. The first kappa shape index (κ1) is 21.8. The predicted octanol–water partition coefficient (Wildman–Crippen LogP) is 1.82. The number of hydrogen-bond acceptors (Lipinski definition) is 9. The number of nitrogens with zero attached hydrogens (tertiary/aromatic N) is 4. The van der Waals surface area contributed by atoms with Crippen molar-refractivity contribution < 1.29 is 33.3 Å². The highest BCUT2D eigenvalue weighted by atomic mass is 32.1. The van der Waals surface area contributed by atoms with Gasteiger partial charge in [0.05, 0.1) is 20.4 Å². The van der Waals surface area contributed by atoms with E-state index in [0.29, 0.717) is 32.6 Å². The van der Waals surface area contributed by atoms with E-state index in [1.807, 2.05) is 38.4 Å². The smallest absolute Gasteiger partial charge is 0.274 e. The number of carbonyl (C=O) groups excluding carboxylic acids is 2. The third-order valence-electron chi connectivity index (χ3n) is 5.50. The van der Waals surface area contributed by atoms with Crippen molar-refractivity contribution in [1.29, 1.82) is 0 Å². The topological polar surface area (TPSA) is 115 Å². The lowest BCUT2D eigenvalue weighted by Crippen LogP contribution is -2.19. The van der Waals surface area contributed by atoms with E-state index in [0.717, 1.165) is 20.4 Å². The van der Waals surface area contributed by atoms with E-state index in [9.17, 15) is 9.59 Å². The van der Waals surface area contributed by atoms with E-state index in [1.165, 1.54) is 22.7 Å². The average molecular weight is 515 g/mol. The number of fused-ring (bicyclic) bond motifs is 4. The molecule has 6 rings (SSSR count).